The first-order valence-corrected chi connectivity index (χ1v) is 9.61. The Bertz CT molecular complexity index is 1080. The fourth-order valence-corrected chi connectivity index (χ4v) is 3.20. The molecule has 0 radical (unpaired) electrons. The van der Waals surface area contributed by atoms with Crippen molar-refractivity contribution >= 4 is 11.9 Å². The molecule has 7 heteroatoms. The third-order valence-electron chi connectivity index (χ3n) is 4.83. The molecule has 0 aromatic heterocycles. The fourth-order valence-electron chi connectivity index (χ4n) is 3.20. The molecule has 1 atom stereocenters. The van der Waals surface area contributed by atoms with Gasteiger partial charge in [0.05, 0.1) is 0 Å². The smallest absolute Gasteiger partial charge is 0.310 e. The van der Waals surface area contributed by atoms with Crippen molar-refractivity contribution in [3.8, 4) is 16.9 Å². The van der Waals surface area contributed by atoms with Gasteiger partial charge in [-0.05, 0) is 41.0 Å². The van der Waals surface area contributed by atoms with Crippen LogP contribution in [-0.4, -0.2) is 24.0 Å². The van der Waals surface area contributed by atoms with Gasteiger partial charge < -0.3 is 14.9 Å². The molecule has 5 nitrogen and oxygen atoms in total. The highest BCUT2D eigenvalue weighted by Gasteiger charge is 2.26. The maximum absolute atomic E-state index is 14.0. The molecule has 0 saturated heterocycles. The highest BCUT2D eigenvalue weighted by molar-refractivity contribution is 5.95. The number of carbonyl (C=O) groups is 1. The number of benzene rings is 3. The van der Waals surface area contributed by atoms with Crippen LogP contribution in [0.5, 0.6) is 5.75 Å². The molecule has 4 rings (SSSR count). The van der Waals surface area contributed by atoms with Crippen LogP contribution < -0.4 is 4.74 Å². The Morgan fingerprint density at radius 1 is 1.00 bits per heavy atom. The molecule has 2 N–H and O–H groups in total. The van der Waals surface area contributed by atoms with E-state index in [9.17, 15) is 13.6 Å². The summed E-state index contributed by atoms with van der Waals surface area (Å²) in [5.41, 5.74) is 2.60. The maximum atomic E-state index is 14.0. The molecule has 1 aliphatic heterocycles. The van der Waals surface area contributed by atoms with Crippen LogP contribution in [0.15, 0.2) is 71.7 Å². The Morgan fingerprint density at radius 2 is 1.58 bits per heavy atom. The fraction of sp³-hybridized carbons (Fsp3) is 0.167. The first-order chi connectivity index (χ1) is 14.5. The number of halogens is 2. The van der Waals surface area contributed by atoms with Crippen LogP contribution in [0.25, 0.3) is 11.1 Å². The second-order valence-corrected chi connectivity index (χ2v) is 6.83. The van der Waals surface area contributed by atoms with Gasteiger partial charge in [-0.2, -0.15) is 0 Å². The van der Waals surface area contributed by atoms with Crippen molar-refractivity contribution in [1.29, 1.82) is 0 Å². The van der Waals surface area contributed by atoms with Crippen LogP contribution in [0, 0.1) is 11.6 Å². The number of aliphatic imine (C=N–C) groups is 1. The highest BCUT2D eigenvalue weighted by Crippen LogP contribution is 2.29. The lowest BCUT2D eigenvalue weighted by Gasteiger charge is -2.08. The van der Waals surface area contributed by atoms with Gasteiger partial charge in [0.1, 0.15) is 35.6 Å². The Kier molecular flexibility index (Phi) is 6.77. The minimum atomic E-state index is -0.696. The first-order valence-electron chi connectivity index (χ1n) is 9.61. The molecule has 3 aromatic rings. The molecule has 0 aliphatic carbocycles. The van der Waals surface area contributed by atoms with Gasteiger partial charge >= 0.3 is 5.97 Å². The Balaban J connectivity index is 0.00000272. The quantitative estimate of drug-likeness (QED) is 0.441. The zero-order valence-electron chi connectivity index (χ0n) is 16.8. The van der Waals surface area contributed by atoms with E-state index in [1.165, 1.54) is 18.2 Å². The van der Waals surface area contributed by atoms with E-state index in [-0.39, 0.29) is 35.6 Å². The molecule has 3 aromatic carbocycles. The van der Waals surface area contributed by atoms with Gasteiger partial charge in [-0.15, -0.1) is 0 Å². The molecule has 160 valence electrons. The van der Waals surface area contributed by atoms with Crippen molar-refractivity contribution in [2.24, 2.45) is 4.99 Å². The second kappa shape index (κ2) is 9.49. The zero-order valence-corrected chi connectivity index (χ0v) is 16.8. The Hall–Kier alpha value is -3.58. The van der Waals surface area contributed by atoms with Crippen LogP contribution in [0.2, 0.25) is 0 Å². The van der Waals surface area contributed by atoms with Crippen molar-refractivity contribution < 1.29 is 28.5 Å². The summed E-state index contributed by atoms with van der Waals surface area (Å²) in [5.74, 6) is -1.18. The largest absolute Gasteiger partial charge is 0.475 e. The predicted octanol–water partition coefficient (Wildman–Crippen LogP) is 4.64. The molecular formula is C24H21F2NO4. The average molecular weight is 425 g/mol. The van der Waals surface area contributed by atoms with Crippen LogP contribution in [0.4, 0.5) is 8.78 Å². The normalized spacial score (nSPS) is 14.9. The lowest BCUT2D eigenvalue weighted by molar-refractivity contribution is -0.134. The molecule has 0 fully saturated rings. The number of esters is 1. The molecule has 0 saturated carbocycles. The number of nitrogens with zero attached hydrogens (tertiary/aromatic N) is 1. The van der Waals surface area contributed by atoms with E-state index in [1.807, 2.05) is 36.4 Å². The zero-order chi connectivity index (χ0) is 21.1. The van der Waals surface area contributed by atoms with Crippen molar-refractivity contribution in [3.05, 3.63) is 89.5 Å². The van der Waals surface area contributed by atoms with E-state index in [2.05, 4.69) is 4.99 Å². The van der Waals surface area contributed by atoms with E-state index in [0.717, 1.165) is 16.7 Å². The summed E-state index contributed by atoms with van der Waals surface area (Å²) in [6.07, 6.45) is 0.321. The van der Waals surface area contributed by atoms with Gasteiger partial charge in [0.2, 0.25) is 5.90 Å². The minimum Gasteiger partial charge on any atom is -0.475 e. The molecule has 1 heterocycles. The van der Waals surface area contributed by atoms with Crippen molar-refractivity contribution in [1.82, 2.24) is 0 Å². The topological polar surface area (TPSA) is 79.4 Å². The van der Waals surface area contributed by atoms with Crippen molar-refractivity contribution in [2.75, 3.05) is 6.61 Å². The number of rotatable bonds is 5. The SMILES string of the molecule is CCC(=O)Oc1ccc(-c2ccc(C3COC(c4c(F)cccc4F)=N3)cc2)cc1.O. The summed E-state index contributed by atoms with van der Waals surface area (Å²) in [6, 6.07) is 18.3. The van der Waals surface area contributed by atoms with Crippen LogP contribution in [0.3, 0.4) is 0 Å². The van der Waals surface area contributed by atoms with Crippen molar-refractivity contribution in [3.63, 3.8) is 0 Å². The molecular weight excluding hydrogens is 404 g/mol. The van der Waals surface area contributed by atoms with Crippen molar-refractivity contribution in [2.45, 2.75) is 19.4 Å². The van der Waals surface area contributed by atoms with E-state index in [0.29, 0.717) is 12.2 Å². The lowest BCUT2D eigenvalue weighted by atomic mass is 10.0. The summed E-state index contributed by atoms with van der Waals surface area (Å²) in [6.45, 7) is 1.97. The van der Waals surface area contributed by atoms with Crippen LogP contribution in [-0.2, 0) is 9.53 Å². The predicted molar refractivity (Wildman–Crippen MR) is 113 cm³/mol. The highest BCUT2D eigenvalue weighted by atomic mass is 19.1. The van der Waals surface area contributed by atoms with E-state index >= 15 is 0 Å². The number of carbonyl (C=O) groups excluding carboxylic acids is 1. The third-order valence-corrected chi connectivity index (χ3v) is 4.83. The van der Waals surface area contributed by atoms with Gasteiger partial charge in [0.25, 0.3) is 0 Å². The van der Waals surface area contributed by atoms with Gasteiger partial charge in [-0.25, -0.2) is 13.8 Å². The molecule has 0 spiro atoms. The van der Waals surface area contributed by atoms with Crippen LogP contribution >= 0.6 is 0 Å². The molecule has 0 amide bonds. The standard InChI is InChI=1S/C24H19F2NO3.H2O/c1-2-22(28)30-18-12-10-16(11-13-18)15-6-8-17(9-7-15)21-14-29-24(27-21)23-19(25)4-3-5-20(23)26;/h3-13,21H,2,14H2,1H3;1H2. The van der Waals surface area contributed by atoms with E-state index in [1.54, 1.807) is 19.1 Å². The number of hydrogen-bond acceptors (Lipinski definition) is 4. The second-order valence-electron chi connectivity index (χ2n) is 6.83. The maximum Gasteiger partial charge on any atom is 0.310 e. The summed E-state index contributed by atoms with van der Waals surface area (Å²) in [5, 5.41) is 0. The van der Waals surface area contributed by atoms with Gasteiger partial charge in [0.15, 0.2) is 0 Å². The lowest BCUT2D eigenvalue weighted by Crippen LogP contribution is -2.07. The summed E-state index contributed by atoms with van der Waals surface area (Å²) in [4.78, 5) is 15.7. The summed E-state index contributed by atoms with van der Waals surface area (Å²) in [7, 11) is 0. The van der Waals surface area contributed by atoms with Gasteiger partial charge in [0, 0.05) is 6.42 Å². The Morgan fingerprint density at radius 3 is 2.16 bits per heavy atom. The van der Waals surface area contributed by atoms with Gasteiger partial charge in [-0.1, -0.05) is 49.4 Å². The summed E-state index contributed by atoms with van der Waals surface area (Å²) < 4.78 is 38.6. The molecule has 1 unspecified atom stereocenters. The number of ether oxygens (including phenoxy) is 2. The number of hydrogen-bond donors (Lipinski definition) is 0. The van der Waals surface area contributed by atoms with Gasteiger partial charge in [-0.3, -0.25) is 4.79 Å². The molecule has 0 bridgehead atoms. The summed E-state index contributed by atoms with van der Waals surface area (Å²) >= 11 is 0. The van der Waals surface area contributed by atoms with E-state index in [4.69, 9.17) is 9.47 Å². The van der Waals surface area contributed by atoms with E-state index < -0.39 is 11.6 Å². The minimum absolute atomic E-state index is 0. The third kappa shape index (κ3) is 4.78. The van der Waals surface area contributed by atoms with Crippen LogP contribution in [0.1, 0.15) is 30.5 Å². The Labute approximate surface area is 178 Å². The average Bonchev–Trinajstić information content (AvgIpc) is 3.24. The molecule has 1 aliphatic rings. The first kappa shape index (κ1) is 22.1. The monoisotopic (exact) mass is 425 g/mol. The molecule has 31 heavy (non-hydrogen) atoms.